The zero-order valence-electron chi connectivity index (χ0n) is 7.31. The van der Waals surface area contributed by atoms with Gasteiger partial charge in [0.25, 0.3) is 0 Å². The monoisotopic (exact) mass is 186 g/mol. The van der Waals surface area contributed by atoms with Gasteiger partial charge in [-0.3, -0.25) is 4.90 Å². The summed E-state index contributed by atoms with van der Waals surface area (Å²) in [5, 5.41) is 21.6. The van der Waals surface area contributed by atoms with E-state index in [2.05, 4.69) is 5.32 Å². The number of piperazine rings is 1. The fourth-order valence-corrected chi connectivity index (χ4v) is 2.34. The van der Waals surface area contributed by atoms with E-state index in [0.717, 1.165) is 0 Å². The second-order valence-electron chi connectivity index (χ2n) is 3.78. The normalized spacial score (nSPS) is 38.8. The number of fused-ring (bicyclic) bond motifs is 2. The second-order valence-corrected chi connectivity index (χ2v) is 3.78. The van der Waals surface area contributed by atoms with Crippen molar-refractivity contribution in [3.05, 3.63) is 0 Å². The highest BCUT2D eigenvalue weighted by molar-refractivity contribution is 5.66. The number of nitrogens with zero attached hydrogens (tertiary/aromatic N) is 1. The lowest BCUT2D eigenvalue weighted by Crippen LogP contribution is -2.63. The molecule has 13 heavy (non-hydrogen) atoms. The number of carboxylic acid groups (broad SMARTS) is 1. The summed E-state index contributed by atoms with van der Waals surface area (Å²) >= 11 is 0. The largest absolute Gasteiger partial charge is 0.465 e. The van der Waals surface area contributed by atoms with Gasteiger partial charge in [-0.25, -0.2) is 4.79 Å². The third kappa shape index (κ3) is 1.49. The van der Waals surface area contributed by atoms with Crippen LogP contribution in [-0.4, -0.2) is 52.5 Å². The molecule has 5 heteroatoms. The number of nitrogens with one attached hydrogen (secondary N) is 1. The molecule has 0 aromatic rings. The minimum Gasteiger partial charge on any atom is -0.465 e. The van der Waals surface area contributed by atoms with Gasteiger partial charge in [-0.05, 0) is 12.8 Å². The molecule has 2 atom stereocenters. The van der Waals surface area contributed by atoms with Crippen molar-refractivity contribution in [2.75, 3.05) is 13.1 Å². The van der Waals surface area contributed by atoms with Crippen LogP contribution in [-0.2, 0) is 0 Å². The van der Waals surface area contributed by atoms with Gasteiger partial charge in [0, 0.05) is 13.1 Å². The summed E-state index contributed by atoms with van der Waals surface area (Å²) in [5.74, 6) is 0. The first-order chi connectivity index (χ1) is 6.18. The first-order valence-electron chi connectivity index (χ1n) is 4.58. The van der Waals surface area contributed by atoms with E-state index >= 15 is 0 Å². The molecule has 0 aromatic heterocycles. The number of hydrogen-bond donors (Lipinski definition) is 3. The van der Waals surface area contributed by atoms with Crippen LogP contribution in [0.25, 0.3) is 0 Å². The molecule has 2 bridgehead atoms. The number of amides is 1. The van der Waals surface area contributed by atoms with Crippen molar-refractivity contribution >= 4 is 6.09 Å². The fraction of sp³-hybridized carbons (Fsp3) is 0.875. The molecule has 1 amide bonds. The molecule has 3 N–H and O–H groups in total. The second kappa shape index (κ2) is 3.16. The van der Waals surface area contributed by atoms with Gasteiger partial charge in [0.05, 0.1) is 18.2 Å². The smallest absolute Gasteiger partial charge is 0.407 e. The average Bonchev–Trinajstić information content (AvgIpc) is 2.01. The lowest BCUT2D eigenvalue weighted by Gasteiger charge is -2.46. The Bertz CT molecular complexity index is 207. The molecule has 2 aliphatic heterocycles. The van der Waals surface area contributed by atoms with Crippen LogP contribution in [0.3, 0.4) is 0 Å². The van der Waals surface area contributed by atoms with E-state index in [-0.39, 0.29) is 18.2 Å². The Balaban J connectivity index is 2.14. The predicted octanol–water partition coefficient (Wildman–Crippen LogP) is -0.539. The Labute approximate surface area is 76.3 Å². The number of hydrogen-bond acceptors (Lipinski definition) is 3. The van der Waals surface area contributed by atoms with E-state index in [4.69, 9.17) is 5.11 Å². The van der Waals surface area contributed by atoms with Crippen LogP contribution in [0.2, 0.25) is 0 Å². The summed E-state index contributed by atoms with van der Waals surface area (Å²) in [6.45, 7) is 1.33. The molecule has 0 saturated carbocycles. The molecular weight excluding hydrogens is 172 g/mol. The van der Waals surface area contributed by atoms with Crippen molar-refractivity contribution in [3.63, 3.8) is 0 Å². The Morgan fingerprint density at radius 1 is 1.31 bits per heavy atom. The van der Waals surface area contributed by atoms with Gasteiger partial charge in [0.2, 0.25) is 0 Å². The molecule has 2 unspecified atom stereocenters. The number of piperidine rings is 1. The SMILES string of the molecule is O=C(O)N1C2CNCC1CC(O)C2. The summed E-state index contributed by atoms with van der Waals surface area (Å²) in [7, 11) is 0. The van der Waals surface area contributed by atoms with Crippen LogP contribution in [0.15, 0.2) is 0 Å². The third-order valence-electron chi connectivity index (χ3n) is 2.86. The molecule has 0 radical (unpaired) electrons. The molecular formula is C8H14N2O3. The van der Waals surface area contributed by atoms with E-state index < -0.39 is 6.09 Å². The molecule has 74 valence electrons. The minimum atomic E-state index is -0.858. The number of rotatable bonds is 0. The van der Waals surface area contributed by atoms with Gasteiger partial charge in [-0.15, -0.1) is 0 Å². The molecule has 2 rings (SSSR count). The van der Waals surface area contributed by atoms with E-state index in [0.29, 0.717) is 25.9 Å². The van der Waals surface area contributed by atoms with Crippen molar-refractivity contribution in [3.8, 4) is 0 Å². The summed E-state index contributed by atoms with van der Waals surface area (Å²) in [6, 6.07) is -0.0833. The highest BCUT2D eigenvalue weighted by Gasteiger charge is 2.40. The van der Waals surface area contributed by atoms with E-state index in [9.17, 15) is 9.90 Å². The van der Waals surface area contributed by atoms with Gasteiger partial charge in [-0.2, -0.15) is 0 Å². The average molecular weight is 186 g/mol. The van der Waals surface area contributed by atoms with Gasteiger partial charge in [0.15, 0.2) is 0 Å². The van der Waals surface area contributed by atoms with Crippen molar-refractivity contribution in [1.82, 2.24) is 10.2 Å². The lowest BCUT2D eigenvalue weighted by molar-refractivity contribution is -0.00697. The Morgan fingerprint density at radius 3 is 2.31 bits per heavy atom. The highest BCUT2D eigenvalue weighted by atomic mass is 16.4. The van der Waals surface area contributed by atoms with Crippen molar-refractivity contribution in [1.29, 1.82) is 0 Å². The fourth-order valence-electron chi connectivity index (χ4n) is 2.34. The molecule has 2 aliphatic rings. The van der Waals surface area contributed by atoms with Crippen molar-refractivity contribution < 1.29 is 15.0 Å². The molecule has 0 spiro atoms. The molecule has 5 nitrogen and oxygen atoms in total. The quantitative estimate of drug-likeness (QED) is 0.475. The molecule has 0 aromatic carbocycles. The van der Waals surface area contributed by atoms with Crippen LogP contribution in [0.4, 0.5) is 4.79 Å². The van der Waals surface area contributed by atoms with Crippen molar-refractivity contribution in [2.45, 2.75) is 31.0 Å². The van der Waals surface area contributed by atoms with Crippen LogP contribution in [0.5, 0.6) is 0 Å². The maximum absolute atomic E-state index is 10.9. The Kier molecular flexibility index (Phi) is 2.13. The van der Waals surface area contributed by atoms with Crippen LogP contribution >= 0.6 is 0 Å². The van der Waals surface area contributed by atoms with Gasteiger partial charge in [0.1, 0.15) is 0 Å². The van der Waals surface area contributed by atoms with Gasteiger partial charge < -0.3 is 15.5 Å². The topological polar surface area (TPSA) is 72.8 Å². The summed E-state index contributed by atoms with van der Waals surface area (Å²) < 4.78 is 0. The zero-order valence-corrected chi connectivity index (χ0v) is 7.31. The predicted molar refractivity (Wildman–Crippen MR) is 45.6 cm³/mol. The van der Waals surface area contributed by atoms with Gasteiger partial charge in [-0.1, -0.05) is 0 Å². The molecule has 0 aliphatic carbocycles. The van der Waals surface area contributed by atoms with Gasteiger partial charge >= 0.3 is 6.09 Å². The van der Waals surface area contributed by atoms with Crippen molar-refractivity contribution in [2.24, 2.45) is 0 Å². The van der Waals surface area contributed by atoms with E-state index in [1.54, 1.807) is 0 Å². The standard InChI is InChI=1S/C8H14N2O3/c11-7-1-5-3-9-4-6(2-7)10(5)8(12)13/h5-7,9,11H,1-4H2,(H,12,13). The summed E-state index contributed by atoms with van der Waals surface area (Å²) in [5.41, 5.74) is 0. The number of aliphatic hydroxyl groups is 1. The minimum absolute atomic E-state index is 0.0417. The lowest BCUT2D eigenvalue weighted by atomic mass is 9.91. The Hall–Kier alpha value is -0.810. The summed E-state index contributed by atoms with van der Waals surface area (Å²) in [6.07, 6.45) is -0.0536. The van der Waals surface area contributed by atoms with Crippen LogP contribution < -0.4 is 5.32 Å². The maximum Gasteiger partial charge on any atom is 0.407 e. The maximum atomic E-state index is 10.9. The van der Waals surface area contributed by atoms with E-state index in [1.165, 1.54) is 4.90 Å². The van der Waals surface area contributed by atoms with Crippen LogP contribution in [0, 0.1) is 0 Å². The third-order valence-corrected chi connectivity index (χ3v) is 2.86. The first kappa shape index (κ1) is 8.77. The number of aliphatic hydroxyl groups excluding tert-OH is 1. The highest BCUT2D eigenvalue weighted by Crippen LogP contribution is 2.25. The number of carbonyl (C=O) groups is 1. The zero-order chi connectivity index (χ0) is 9.42. The molecule has 2 heterocycles. The summed E-state index contributed by atoms with van der Waals surface area (Å²) in [4.78, 5) is 12.4. The van der Waals surface area contributed by atoms with Crippen LogP contribution in [0.1, 0.15) is 12.8 Å². The Morgan fingerprint density at radius 2 is 1.85 bits per heavy atom. The molecule has 2 saturated heterocycles. The molecule has 2 fully saturated rings. The first-order valence-corrected chi connectivity index (χ1v) is 4.58. The van der Waals surface area contributed by atoms with E-state index in [1.807, 2.05) is 0 Å².